The van der Waals surface area contributed by atoms with Crippen LogP contribution in [0.5, 0.6) is 0 Å². The Bertz CT molecular complexity index is 2940. The van der Waals surface area contributed by atoms with Gasteiger partial charge in [0.25, 0.3) is 0 Å². The fourth-order valence-electron chi connectivity index (χ4n) is 10.4. The third kappa shape index (κ3) is 5.20. The molecule has 0 bridgehead atoms. The minimum absolute atomic E-state index is 0.00631. The number of rotatable bonds is 3. The maximum absolute atomic E-state index is 2.52. The lowest BCUT2D eigenvalue weighted by atomic mass is 9.71. The molecule has 0 fully saturated rings. The Balaban J connectivity index is 1.23. The van der Waals surface area contributed by atoms with Crippen LogP contribution < -0.4 is 4.90 Å². The van der Waals surface area contributed by atoms with Crippen LogP contribution in [0.25, 0.3) is 54.6 Å². The van der Waals surface area contributed by atoms with E-state index >= 15 is 0 Å². The molecule has 2 aliphatic rings. The maximum atomic E-state index is 2.52. The summed E-state index contributed by atoms with van der Waals surface area (Å²) in [5.74, 6) is 0. The minimum atomic E-state index is -0.175. The van der Waals surface area contributed by atoms with E-state index in [9.17, 15) is 0 Å². The first-order chi connectivity index (χ1) is 27.0. The maximum Gasteiger partial charge on any atom is 0.0468 e. The van der Waals surface area contributed by atoms with Gasteiger partial charge in [0.05, 0.1) is 0 Å². The molecule has 282 valence electrons. The van der Waals surface area contributed by atoms with Crippen LogP contribution in [0.3, 0.4) is 0 Å². The standard InChI is InChI=1S/C56H53N/c1-53(2,3)34-29-47-45-28-25-37(33-50(45)56(9,10)52(47)51(30-34)54(4,5)6)57(36-24-27-44-43-21-15-16-22-48(43)55(7,8)49(44)32-36)35-23-26-42-40-19-12-11-17-38(40)39-18-13-14-20-41(39)46(42)31-35/h11-33H,1-10H3. The summed E-state index contributed by atoms with van der Waals surface area (Å²) in [6.45, 7) is 23.8. The second kappa shape index (κ2) is 11.9. The lowest BCUT2D eigenvalue weighted by molar-refractivity contribution is 0.545. The van der Waals surface area contributed by atoms with E-state index in [0.717, 1.165) is 5.69 Å². The molecule has 0 N–H and O–H groups in total. The van der Waals surface area contributed by atoms with Gasteiger partial charge in [0.1, 0.15) is 0 Å². The average molecular weight is 740 g/mol. The van der Waals surface area contributed by atoms with Crippen LogP contribution in [0, 0.1) is 0 Å². The third-order valence-electron chi connectivity index (χ3n) is 13.5. The lowest BCUT2D eigenvalue weighted by Crippen LogP contribution is -2.25. The number of nitrogens with zero attached hydrogens (tertiary/aromatic N) is 1. The molecule has 0 spiro atoms. The van der Waals surface area contributed by atoms with Gasteiger partial charge in [-0.05, 0) is 135 Å². The Morgan fingerprint density at radius 3 is 1.40 bits per heavy atom. The summed E-state index contributed by atoms with van der Waals surface area (Å²) in [6.07, 6.45) is 0. The van der Waals surface area contributed by atoms with Crippen molar-refractivity contribution in [3.63, 3.8) is 0 Å². The van der Waals surface area contributed by atoms with E-state index in [0.29, 0.717) is 0 Å². The zero-order chi connectivity index (χ0) is 39.8. The van der Waals surface area contributed by atoms with Crippen molar-refractivity contribution in [2.24, 2.45) is 0 Å². The highest BCUT2D eigenvalue weighted by Crippen LogP contribution is 2.56. The van der Waals surface area contributed by atoms with Gasteiger partial charge in [0.15, 0.2) is 0 Å². The number of benzene rings is 8. The van der Waals surface area contributed by atoms with Gasteiger partial charge in [-0.1, -0.05) is 172 Å². The van der Waals surface area contributed by atoms with Gasteiger partial charge in [0, 0.05) is 27.9 Å². The number of hydrogen-bond donors (Lipinski definition) is 0. The summed E-state index contributed by atoms with van der Waals surface area (Å²) in [5.41, 5.74) is 17.2. The zero-order valence-corrected chi connectivity index (χ0v) is 35.2. The van der Waals surface area contributed by atoms with Crippen molar-refractivity contribution in [3.05, 3.63) is 173 Å². The third-order valence-corrected chi connectivity index (χ3v) is 13.5. The van der Waals surface area contributed by atoms with Crippen LogP contribution in [0.4, 0.5) is 17.1 Å². The van der Waals surface area contributed by atoms with Gasteiger partial charge in [-0.15, -0.1) is 0 Å². The van der Waals surface area contributed by atoms with Crippen molar-refractivity contribution in [2.45, 2.75) is 90.9 Å². The molecule has 1 heteroatoms. The quantitative estimate of drug-likeness (QED) is 0.163. The van der Waals surface area contributed by atoms with Crippen LogP contribution in [0.2, 0.25) is 0 Å². The zero-order valence-electron chi connectivity index (χ0n) is 35.2. The number of fused-ring (bicyclic) bond motifs is 12. The summed E-state index contributed by atoms with van der Waals surface area (Å²) >= 11 is 0. The molecule has 0 aliphatic heterocycles. The average Bonchev–Trinajstić information content (AvgIpc) is 3.56. The molecule has 8 aromatic rings. The van der Waals surface area contributed by atoms with Crippen molar-refractivity contribution in [2.75, 3.05) is 4.90 Å². The smallest absolute Gasteiger partial charge is 0.0468 e. The molecule has 0 radical (unpaired) electrons. The van der Waals surface area contributed by atoms with Crippen LogP contribution in [-0.2, 0) is 21.7 Å². The molecule has 57 heavy (non-hydrogen) atoms. The highest BCUT2D eigenvalue weighted by molar-refractivity contribution is 6.25. The second-order valence-corrected chi connectivity index (χ2v) is 19.9. The lowest BCUT2D eigenvalue weighted by Gasteiger charge is -2.33. The van der Waals surface area contributed by atoms with Crippen LogP contribution in [-0.4, -0.2) is 0 Å². The van der Waals surface area contributed by atoms with E-state index in [1.807, 2.05) is 0 Å². The fourth-order valence-corrected chi connectivity index (χ4v) is 10.4. The van der Waals surface area contributed by atoms with Gasteiger partial charge >= 0.3 is 0 Å². The molecule has 10 rings (SSSR count). The van der Waals surface area contributed by atoms with E-state index in [1.165, 1.54) is 99.3 Å². The van der Waals surface area contributed by atoms with Gasteiger partial charge < -0.3 is 4.90 Å². The SMILES string of the molecule is CC(C)(C)c1cc2c(c(C(C)(C)C)c1)C(C)(C)c1cc(N(c3ccc4c(c3)C(C)(C)c3ccccc3-4)c3ccc4c5ccccc5c5ccccc5c4c3)ccc1-2. The molecule has 1 nitrogen and oxygen atoms in total. The molecular formula is C56H53N. The summed E-state index contributed by atoms with van der Waals surface area (Å²) < 4.78 is 0. The second-order valence-electron chi connectivity index (χ2n) is 19.9. The van der Waals surface area contributed by atoms with Crippen LogP contribution in [0.1, 0.15) is 103 Å². The van der Waals surface area contributed by atoms with Gasteiger partial charge in [-0.3, -0.25) is 0 Å². The van der Waals surface area contributed by atoms with Gasteiger partial charge in [0.2, 0.25) is 0 Å². The van der Waals surface area contributed by atoms with Crippen molar-refractivity contribution < 1.29 is 0 Å². The topological polar surface area (TPSA) is 3.24 Å². The molecule has 0 unspecified atom stereocenters. The first-order valence-corrected chi connectivity index (χ1v) is 20.8. The Labute approximate surface area is 339 Å². The molecule has 0 aromatic heterocycles. The van der Waals surface area contributed by atoms with Crippen LogP contribution >= 0.6 is 0 Å². The summed E-state index contributed by atoms with van der Waals surface area (Å²) in [6, 6.07) is 53.4. The van der Waals surface area contributed by atoms with Crippen molar-refractivity contribution >= 4 is 49.4 Å². The van der Waals surface area contributed by atoms with Crippen LogP contribution in [0.15, 0.2) is 140 Å². The number of hydrogen-bond acceptors (Lipinski definition) is 1. The Hall–Kier alpha value is -5.66. The first-order valence-electron chi connectivity index (χ1n) is 20.8. The minimum Gasteiger partial charge on any atom is -0.310 e. The number of anilines is 3. The molecule has 0 atom stereocenters. The summed E-state index contributed by atoms with van der Waals surface area (Å²) in [5, 5.41) is 7.74. The normalized spacial score (nSPS) is 15.1. The monoisotopic (exact) mass is 739 g/mol. The Kier molecular flexibility index (Phi) is 7.48. The summed E-state index contributed by atoms with van der Waals surface area (Å²) in [4.78, 5) is 2.52. The Morgan fingerprint density at radius 2 is 0.825 bits per heavy atom. The van der Waals surface area contributed by atoms with Gasteiger partial charge in [-0.2, -0.15) is 0 Å². The van der Waals surface area contributed by atoms with Crippen molar-refractivity contribution in [1.29, 1.82) is 0 Å². The van der Waals surface area contributed by atoms with E-state index in [4.69, 9.17) is 0 Å². The van der Waals surface area contributed by atoms with Crippen molar-refractivity contribution in [3.8, 4) is 22.3 Å². The molecule has 0 saturated carbocycles. The molecule has 2 aliphatic carbocycles. The van der Waals surface area contributed by atoms with Gasteiger partial charge in [-0.25, -0.2) is 0 Å². The highest BCUT2D eigenvalue weighted by Gasteiger charge is 2.41. The first kappa shape index (κ1) is 35.7. The van der Waals surface area contributed by atoms with E-state index < -0.39 is 0 Å². The molecule has 0 amide bonds. The summed E-state index contributed by atoms with van der Waals surface area (Å²) in [7, 11) is 0. The highest BCUT2D eigenvalue weighted by atomic mass is 15.1. The fraction of sp³-hybridized carbons (Fsp3) is 0.250. The molecule has 0 heterocycles. The molecule has 0 saturated heterocycles. The molecule has 8 aromatic carbocycles. The van der Waals surface area contributed by atoms with Crippen molar-refractivity contribution in [1.82, 2.24) is 0 Å². The molecular weight excluding hydrogens is 687 g/mol. The van der Waals surface area contributed by atoms with E-state index in [1.54, 1.807) is 0 Å². The largest absolute Gasteiger partial charge is 0.310 e. The Morgan fingerprint density at radius 1 is 0.368 bits per heavy atom. The van der Waals surface area contributed by atoms with E-state index in [-0.39, 0.29) is 21.7 Å². The predicted molar refractivity (Wildman–Crippen MR) is 246 cm³/mol. The van der Waals surface area contributed by atoms with E-state index in [2.05, 4.69) is 214 Å². The predicted octanol–water partition coefficient (Wildman–Crippen LogP) is 15.8.